The number of nitrogens with zero attached hydrogens (tertiary/aromatic N) is 1. The van der Waals surface area contributed by atoms with E-state index in [0.29, 0.717) is 17.1 Å². The minimum absolute atomic E-state index is 0.471. The Bertz CT molecular complexity index is 532. The lowest BCUT2D eigenvalue weighted by atomic mass is 10.1. The Hall–Kier alpha value is -1.49. The molecule has 0 aliphatic heterocycles. The number of nitrogen functional groups attached to an aromatic ring is 1. The van der Waals surface area contributed by atoms with E-state index in [4.69, 9.17) is 5.73 Å². The molecule has 0 bridgehead atoms. The summed E-state index contributed by atoms with van der Waals surface area (Å²) < 4.78 is 26.2. The molecule has 2 nitrogen and oxygen atoms in total. The number of rotatable bonds is 4. The number of halogens is 2. The van der Waals surface area contributed by atoms with Gasteiger partial charge in [-0.15, -0.1) is 11.3 Å². The van der Waals surface area contributed by atoms with Crippen molar-refractivity contribution in [3.05, 3.63) is 46.0 Å². The number of thiazole rings is 1. The predicted octanol–water partition coefficient (Wildman–Crippen LogP) is 3.55. The van der Waals surface area contributed by atoms with Crippen LogP contribution in [0.2, 0.25) is 0 Å². The second-order valence-corrected chi connectivity index (χ2v) is 5.24. The Morgan fingerprint density at radius 3 is 2.50 bits per heavy atom. The SMILES string of the molecule is CCCc1nc(N)sc1Cc1cc(F)cc(F)c1. The highest BCUT2D eigenvalue weighted by atomic mass is 32.1. The van der Waals surface area contributed by atoms with E-state index in [0.717, 1.165) is 29.5 Å². The van der Waals surface area contributed by atoms with Crippen molar-refractivity contribution in [2.24, 2.45) is 0 Å². The molecule has 0 fully saturated rings. The maximum absolute atomic E-state index is 13.1. The van der Waals surface area contributed by atoms with E-state index in [9.17, 15) is 8.78 Å². The van der Waals surface area contributed by atoms with Crippen molar-refractivity contribution < 1.29 is 8.78 Å². The zero-order valence-corrected chi connectivity index (χ0v) is 10.9. The lowest BCUT2D eigenvalue weighted by Crippen LogP contribution is -1.94. The first kappa shape index (κ1) is 13.0. The van der Waals surface area contributed by atoms with Gasteiger partial charge >= 0.3 is 0 Å². The van der Waals surface area contributed by atoms with Crippen LogP contribution < -0.4 is 5.73 Å². The van der Waals surface area contributed by atoms with Crippen LogP contribution in [0.3, 0.4) is 0 Å². The Morgan fingerprint density at radius 2 is 1.89 bits per heavy atom. The van der Waals surface area contributed by atoms with E-state index in [1.54, 1.807) is 0 Å². The van der Waals surface area contributed by atoms with Gasteiger partial charge in [-0.3, -0.25) is 0 Å². The summed E-state index contributed by atoms with van der Waals surface area (Å²) in [5.74, 6) is -1.11. The molecule has 2 rings (SSSR count). The molecule has 0 aliphatic rings. The van der Waals surface area contributed by atoms with Gasteiger partial charge in [-0.05, 0) is 24.1 Å². The van der Waals surface area contributed by atoms with E-state index in [2.05, 4.69) is 11.9 Å². The summed E-state index contributed by atoms with van der Waals surface area (Å²) in [7, 11) is 0. The summed E-state index contributed by atoms with van der Waals surface area (Å²) in [6, 6.07) is 3.56. The van der Waals surface area contributed by atoms with Crippen LogP contribution in [-0.4, -0.2) is 4.98 Å². The fourth-order valence-corrected chi connectivity index (χ4v) is 2.78. The number of aryl methyl sites for hydroxylation is 1. The van der Waals surface area contributed by atoms with Crippen molar-refractivity contribution in [2.45, 2.75) is 26.2 Å². The van der Waals surface area contributed by atoms with Crippen molar-refractivity contribution >= 4 is 16.5 Å². The molecule has 0 saturated carbocycles. The third-order valence-corrected chi connectivity index (χ3v) is 3.50. The second kappa shape index (κ2) is 5.44. The zero-order chi connectivity index (χ0) is 13.1. The molecule has 0 unspecified atom stereocenters. The van der Waals surface area contributed by atoms with Crippen LogP contribution in [0, 0.1) is 11.6 Å². The molecule has 18 heavy (non-hydrogen) atoms. The van der Waals surface area contributed by atoms with Gasteiger partial charge in [0.2, 0.25) is 0 Å². The maximum atomic E-state index is 13.1. The Labute approximate surface area is 108 Å². The molecule has 0 aliphatic carbocycles. The van der Waals surface area contributed by atoms with Gasteiger partial charge in [0, 0.05) is 17.4 Å². The average Bonchev–Trinajstić information content (AvgIpc) is 2.58. The Kier molecular flexibility index (Phi) is 3.91. The first-order chi connectivity index (χ1) is 8.58. The number of anilines is 1. The van der Waals surface area contributed by atoms with E-state index >= 15 is 0 Å². The van der Waals surface area contributed by atoms with Crippen LogP contribution in [0.25, 0.3) is 0 Å². The molecule has 0 saturated heterocycles. The Balaban J connectivity index is 2.27. The van der Waals surface area contributed by atoms with Crippen molar-refractivity contribution in [2.75, 3.05) is 5.73 Å². The molecule has 1 aromatic heterocycles. The first-order valence-electron chi connectivity index (χ1n) is 5.77. The van der Waals surface area contributed by atoms with Gasteiger partial charge in [0.05, 0.1) is 5.69 Å². The van der Waals surface area contributed by atoms with Gasteiger partial charge in [-0.2, -0.15) is 0 Å². The van der Waals surface area contributed by atoms with Gasteiger partial charge in [-0.1, -0.05) is 13.3 Å². The molecule has 0 atom stereocenters. The van der Waals surface area contributed by atoms with Crippen LogP contribution in [0.5, 0.6) is 0 Å². The molecule has 1 heterocycles. The van der Waals surface area contributed by atoms with Gasteiger partial charge in [-0.25, -0.2) is 13.8 Å². The lowest BCUT2D eigenvalue weighted by molar-refractivity contribution is 0.580. The standard InChI is InChI=1S/C13H14F2N2S/c1-2-3-11-12(18-13(16)17-11)6-8-4-9(14)7-10(15)5-8/h4-5,7H,2-3,6H2,1H3,(H2,16,17). The zero-order valence-electron chi connectivity index (χ0n) is 10.0. The van der Waals surface area contributed by atoms with Crippen LogP contribution in [0.4, 0.5) is 13.9 Å². The van der Waals surface area contributed by atoms with Gasteiger partial charge < -0.3 is 5.73 Å². The lowest BCUT2D eigenvalue weighted by Gasteiger charge is -2.02. The summed E-state index contributed by atoms with van der Waals surface area (Å²) in [6.07, 6.45) is 2.27. The van der Waals surface area contributed by atoms with E-state index in [-0.39, 0.29) is 0 Å². The molecule has 5 heteroatoms. The number of nitrogens with two attached hydrogens (primary N) is 1. The number of aromatic nitrogens is 1. The number of hydrogen-bond donors (Lipinski definition) is 1. The van der Waals surface area contributed by atoms with Gasteiger partial charge in [0.1, 0.15) is 11.6 Å². The topological polar surface area (TPSA) is 38.9 Å². The van der Waals surface area contributed by atoms with E-state index < -0.39 is 11.6 Å². The first-order valence-corrected chi connectivity index (χ1v) is 6.59. The van der Waals surface area contributed by atoms with Crippen LogP contribution in [0.15, 0.2) is 18.2 Å². The van der Waals surface area contributed by atoms with Crippen molar-refractivity contribution in [1.29, 1.82) is 0 Å². The summed E-state index contributed by atoms with van der Waals surface area (Å²) in [4.78, 5) is 5.24. The third-order valence-electron chi connectivity index (χ3n) is 2.57. The minimum Gasteiger partial charge on any atom is -0.375 e. The van der Waals surface area contributed by atoms with Gasteiger partial charge in [0.25, 0.3) is 0 Å². The largest absolute Gasteiger partial charge is 0.375 e. The van der Waals surface area contributed by atoms with Crippen LogP contribution in [-0.2, 0) is 12.8 Å². The second-order valence-electron chi connectivity index (χ2n) is 4.13. The minimum atomic E-state index is -0.556. The summed E-state index contributed by atoms with van der Waals surface area (Å²) >= 11 is 1.38. The molecule has 1 aromatic carbocycles. The summed E-state index contributed by atoms with van der Waals surface area (Å²) in [5.41, 5.74) is 7.22. The smallest absolute Gasteiger partial charge is 0.180 e. The van der Waals surface area contributed by atoms with Crippen LogP contribution >= 0.6 is 11.3 Å². The molecule has 96 valence electrons. The third kappa shape index (κ3) is 3.04. The number of benzene rings is 1. The number of hydrogen-bond acceptors (Lipinski definition) is 3. The molecule has 2 N–H and O–H groups in total. The van der Waals surface area contributed by atoms with Crippen molar-refractivity contribution in [3.63, 3.8) is 0 Å². The summed E-state index contributed by atoms with van der Waals surface area (Å²) in [6.45, 7) is 2.06. The van der Waals surface area contributed by atoms with Crippen molar-refractivity contribution in [3.8, 4) is 0 Å². The van der Waals surface area contributed by atoms with Gasteiger partial charge in [0.15, 0.2) is 5.13 Å². The van der Waals surface area contributed by atoms with E-state index in [1.165, 1.54) is 23.5 Å². The summed E-state index contributed by atoms with van der Waals surface area (Å²) in [5, 5.41) is 0.505. The maximum Gasteiger partial charge on any atom is 0.180 e. The fourth-order valence-electron chi connectivity index (χ4n) is 1.87. The molecular formula is C13H14F2N2S. The molecule has 0 radical (unpaired) electrons. The average molecular weight is 268 g/mol. The molecule has 0 spiro atoms. The molecule has 2 aromatic rings. The van der Waals surface area contributed by atoms with E-state index in [1.807, 2.05) is 0 Å². The highest BCUT2D eigenvalue weighted by Crippen LogP contribution is 2.25. The van der Waals surface area contributed by atoms with Crippen LogP contribution in [0.1, 0.15) is 29.5 Å². The highest BCUT2D eigenvalue weighted by molar-refractivity contribution is 7.15. The predicted molar refractivity (Wildman–Crippen MR) is 69.7 cm³/mol. The Morgan fingerprint density at radius 1 is 1.22 bits per heavy atom. The fraction of sp³-hybridized carbons (Fsp3) is 0.308. The van der Waals surface area contributed by atoms with Crippen molar-refractivity contribution in [1.82, 2.24) is 4.98 Å². The highest BCUT2D eigenvalue weighted by Gasteiger charge is 2.10. The quantitative estimate of drug-likeness (QED) is 0.921. The monoisotopic (exact) mass is 268 g/mol. The molecule has 0 amide bonds. The molecular weight excluding hydrogens is 254 g/mol. The normalized spacial score (nSPS) is 10.8.